The van der Waals surface area contributed by atoms with E-state index in [4.69, 9.17) is 10.2 Å². The number of anilines is 1. The molecule has 2 saturated carbocycles. The first-order valence-corrected chi connectivity index (χ1v) is 12.6. The molecule has 0 bridgehead atoms. The van der Waals surface area contributed by atoms with E-state index in [1.54, 1.807) is 23.3 Å². The molecular weight excluding hydrogens is 424 g/mol. The Kier molecular flexibility index (Phi) is 6.34. The number of nitrogens with zero attached hydrogens (tertiary/aromatic N) is 3. The van der Waals surface area contributed by atoms with Gasteiger partial charge in [-0.1, -0.05) is 20.8 Å². The molecule has 1 heterocycles. The monoisotopic (exact) mass is 458 g/mol. The Morgan fingerprint density at radius 2 is 2.12 bits per heavy atom. The summed E-state index contributed by atoms with van der Waals surface area (Å²) < 4.78 is 0. The molecule has 3 aliphatic carbocycles. The molecule has 6 atom stereocenters. The van der Waals surface area contributed by atoms with E-state index in [1.807, 2.05) is 6.92 Å². The molecule has 0 saturated heterocycles. The number of nitriles is 1. The summed E-state index contributed by atoms with van der Waals surface area (Å²) in [7, 11) is 1.73. The van der Waals surface area contributed by atoms with Crippen LogP contribution in [0.15, 0.2) is 0 Å². The number of hydrogen-bond acceptors (Lipinski definition) is 6. The van der Waals surface area contributed by atoms with Crippen LogP contribution in [0.25, 0.3) is 0 Å². The van der Waals surface area contributed by atoms with Crippen LogP contribution >= 0.6 is 11.3 Å². The summed E-state index contributed by atoms with van der Waals surface area (Å²) in [6.07, 6.45) is 4.25. The highest BCUT2D eigenvalue weighted by molar-refractivity contribution is 7.15. The van der Waals surface area contributed by atoms with Crippen molar-refractivity contribution in [3.05, 3.63) is 10.6 Å². The first kappa shape index (κ1) is 23.2. The highest BCUT2D eigenvalue weighted by Gasteiger charge is 2.54. The lowest BCUT2D eigenvalue weighted by atomic mass is 9.53. The lowest BCUT2D eigenvalue weighted by Crippen LogP contribution is -2.53. The van der Waals surface area contributed by atoms with Crippen LogP contribution in [0.4, 0.5) is 5.13 Å². The summed E-state index contributed by atoms with van der Waals surface area (Å²) >= 11 is 1.58. The first-order chi connectivity index (χ1) is 15.2. The van der Waals surface area contributed by atoms with Crippen molar-refractivity contribution in [2.24, 2.45) is 29.1 Å². The van der Waals surface area contributed by atoms with Gasteiger partial charge in [-0.25, -0.2) is 4.98 Å². The van der Waals surface area contributed by atoms with Gasteiger partial charge in [0.25, 0.3) is 0 Å². The third-order valence-electron chi connectivity index (χ3n) is 8.07. The number of thiazole rings is 1. The van der Waals surface area contributed by atoms with E-state index >= 15 is 0 Å². The number of fused-ring (bicyclic) bond motifs is 2. The Balaban J connectivity index is 1.52. The quantitative estimate of drug-likeness (QED) is 0.678. The molecule has 0 aliphatic heterocycles. The van der Waals surface area contributed by atoms with Crippen molar-refractivity contribution in [3.8, 4) is 6.07 Å². The van der Waals surface area contributed by atoms with Gasteiger partial charge < -0.3 is 15.3 Å². The van der Waals surface area contributed by atoms with E-state index in [9.17, 15) is 14.7 Å². The van der Waals surface area contributed by atoms with Crippen molar-refractivity contribution in [2.75, 3.05) is 18.9 Å². The lowest BCUT2D eigenvalue weighted by molar-refractivity contribution is -0.143. The topological polar surface area (TPSA) is 106 Å². The van der Waals surface area contributed by atoms with Gasteiger partial charge in [0.15, 0.2) is 5.13 Å². The molecule has 1 aromatic rings. The molecule has 2 N–H and O–H groups in total. The van der Waals surface area contributed by atoms with E-state index in [0.29, 0.717) is 18.1 Å². The van der Waals surface area contributed by atoms with Crippen LogP contribution in [-0.4, -0.2) is 46.5 Å². The second kappa shape index (κ2) is 8.75. The maximum absolute atomic E-state index is 12.9. The van der Waals surface area contributed by atoms with E-state index in [0.717, 1.165) is 37.8 Å². The van der Waals surface area contributed by atoms with Gasteiger partial charge in [0.1, 0.15) is 0 Å². The minimum atomic E-state index is -0.591. The van der Waals surface area contributed by atoms with E-state index in [2.05, 4.69) is 25.2 Å². The number of amides is 2. The Bertz CT molecular complexity index is 936. The van der Waals surface area contributed by atoms with Crippen LogP contribution < -0.4 is 5.32 Å². The van der Waals surface area contributed by atoms with Crippen LogP contribution in [0.1, 0.15) is 69.4 Å². The van der Waals surface area contributed by atoms with Gasteiger partial charge in [-0.15, -0.1) is 11.3 Å². The summed E-state index contributed by atoms with van der Waals surface area (Å²) in [5.41, 5.74) is 0.940. The number of aliphatic hydroxyl groups is 1. The Morgan fingerprint density at radius 1 is 1.41 bits per heavy atom. The molecule has 4 rings (SSSR count). The molecule has 32 heavy (non-hydrogen) atoms. The zero-order chi connectivity index (χ0) is 23.2. The maximum Gasteiger partial charge on any atom is 0.229 e. The summed E-state index contributed by atoms with van der Waals surface area (Å²) in [6.45, 7) is 6.71. The minimum Gasteiger partial charge on any atom is -0.392 e. The van der Waals surface area contributed by atoms with Crippen LogP contribution in [0.3, 0.4) is 0 Å². The smallest absolute Gasteiger partial charge is 0.229 e. The molecule has 7 nitrogen and oxygen atoms in total. The van der Waals surface area contributed by atoms with Gasteiger partial charge in [-0.05, 0) is 49.4 Å². The van der Waals surface area contributed by atoms with Gasteiger partial charge in [0, 0.05) is 36.2 Å². The number of carbonyl (C=O) groups excluding carboxylic acids is 2. The van der Waals surface area contributed by atoms with E-state index < -0.39 is 6.10 Å². The van der Waals surface area contributed by atoms with E-state index in [-0.39, 0.29) is 46.8 Å². The number of aromatic nitrogens is 1. The molecule has 0 spiro atoms. The summed E-state index contributed by atoms with van der Waals surface area (Å²) in [6, 6.07) is 2.09. The minimum absolute atomic E-state index is 0.00390. The number of hydrogen-bond donors (Lipinski definition) is 2. The normalized spacial score (nSPS) is 32.2. The fourth-order valence-electron chi connectivity index (χ4n) is 6.01. The molecule has 174 valence electrons. The molecule has 0 aromatic carbocycles. The molecule has 2 amide bonds. The lowest BCUT2D eigenvalue weighted by Gasteiger charge is -2.53. The highest BCUT2D eigenvalue weighted by Crippen LogP contribution is 2.57. The fourth-order valence-corrected chi connectivity index (χ4v) is 7.28. The summed E-state index contributed by atoms with van der Waals surface area (Å²) in [5, 5.41) is 24.0. The van der Waals surface area contributed by atoms with Crippen LogP contribution in [0, 0.1) is 40.4 Å². The van der Waals surface area contributed by atoms with Crippen LogP contribution in [0.2, 0.25) is 0 Å². The average molecular weight is 459 g/mol. The third kappa shape index (κ3) is 4.17. The Labute approximate surface area is 194 Å². The van der Waals surface area contributed by atoms with Crippen molar-refractivity contribution in [1.82, 2.24) is 9.88 Å². The Hall–Kier alpha value is -1.98. The number of aliphatic hydroxyl groups excluding tert-OH is 1. The molecule has 0 radical (unpaired) electrons. The van der Waals surface area contributed by atoms with Gasteiger partial charge >= 0.3 is 0 Å². The molecule has 0 unspecified atom stereocenters. The van der Waals surface area contributed by atoms with Gasteiger partial charge in [0.05, 0.1) is 24.3 Å². The summed E-state index contributed by atoms with van der Waals surface area (Å²) in [5.74, 6) is -0.125. The zero-order valence-corrected chi connectivity index (χ0v) is 20.2. The van der Waals surface area contributed by atoms with Gasteiger partial charge in [-0.3, -0.25) is 9.59 Å². The molecule has 8 heteroatoms. The summed E-state index contributed by atoms with van der Waals surface area (Å²) in [4.78, 5) is 32.7. The third-order valence-corrected chi connectivity index (χ3v) is 9.05. The van der Waals surface area contributed by atoms with Crippen molar-refractivity contribution >= 4 is 28.3 Å². The number of rotatable bonds is 6. The van der Waals surface area contributed by atoms with E-state index in [1.165, 1.54) is 4.88 Å². The van der Waals surface area contributed by atoms with Crippen LogP contribution in [-0.2, 0) is 16.0 Å². The van der Waals surface area contributed by atoms with Crippen molar-refractivity contribution in [1.29, 1.82) is 5.26 Å². The number of nitrogens with one attached hydrogen (secondary N) is 1. The SMILES string of the molecule is C[C@H](C(=O)N(C)CCC#N)[C@@H]1CC[C@]2(C)Cc3sc(NC(=O)C4CC4)nc3[C@@H](C)[C@@H]2[C@H]1O. The van der Waals surface area contributed by atoms with Crippen molar-refractivity contribution in [3.63, 3.8) is 0 Å². The average Bonchev–Trinajstić information content (AvgIpc) is 3.52. The standard InChI is InChI=1S/C24H34N4O3S/c1-13(22(31)28(4)11-5-10-25)16-8-9-24(3)12-17-19(14(2)18(24)20(16)29)26-23(32-17)27-21(30)15-6-7-15/h13-16,18,20,29H,5-9,11-12H2,1-4H3,(H,26,27,30)/t13-,14-,16-,18+,20-,24+/m0/s1. The van der Waals surface area contributed by atoms with Crippen LogP contribution in [0.5, 0.6) is 0 Å². The molecular formula is C24H34N4O3S. The molecule has 3 aliphatic rings. The highest BCUT2D eigenvalue weighted by atomic mass is 32.1. The maximum atomic E-state index is 12.9. The van der Waals surface area contributed by atoms with Gasteiger partial charge in [-0.2, -0.15) is 5.26 Å². The predicted octanol–water partition coefficient (Wildman–Crippen LogP) is 3.55. The molecule has 2 fully saturated rings. The number of carbonyl (C=O) groups is 2. The first-order valence-electron chi connectivity index (χ1n) is 11.8. The predicted molar refractivity (Wildman–Crippen MR) is 123 cm³/mol. The van der Waals surface area contributed by atoms with Crippen molar-refractivity contribution in [2.45, 2.75) is 71.3 Å². The van der Waals surface area contributed by atoms with Gasteiger partial charge in [0.2, 0.25) is 11.8 Å². The second-order valence-electron chi connectivity index (χ2n) is 10.4. The molecule has 1 aromatic heterocycles. The zero-order valence-electron chi connectivity index (χ0n) is 19.4. The fraction of sp³-hybridized carbons (Fsp3) is 0.750. The Morgan fingerprint density at radius 3 is 2.78 bits per heavy atom. The second-order valence-corrected chi connectivity index (χ2v) is 11.5. The van der Waals surface area contributed by atoms with Crippen molar-refractivity contribution < 1.29 is 14.7 Å². The largest absolute Gasteiger partial charge is 0.392 e.